The Hall–Kier alpha value is -2.62. The maximum atomic E-state index is 12.2. The van der Waals surface area contributed by atoms with Gasteiger partial charge < -0.3 is 10.8 Å². The number of carbonyl (C=O) groups excluding carboxylic acids is 1. The van der Waals surface area contributed by atoms with Crippen molar-refractivity contribution in [3.8, 4) is 0 Å². The topological polar surface area (TPSA) is 80.4 Å². The van der Waals surface area contributed by atoms with Crippen LogP contribution in [0.4, 0.5) is 5.69 Å². The van der Waals surface area contributed by atoms with Gasteiger partial charge in [0, 0.05) is 16.8 Å². The summed E-state index contributed by atoms with van der Waals surface area (Å²) in [6, 6.07) is 13.5. The maximum Gasteiger partial charge on any atom is 0.307 e. The van der Waals surface area contributed by atoms with Crippen LogP contribution in [-0.2, 0) is 11.2 Å². The number of carbonyl (C=O) groups is 2. The van der Waals surface area contributed by atoms with Crippen LogP contribution in [0.15, 0.2) is 48.5 Å². The van der Waals surface area contributed by atoms with Crippen LogP contribution in [0.5, 0.6) is 0 Å². The summed E-state index contributed by atoms with van der Waals surface area (Å²) in [5, 5.41) is 8.80. The molecule has 2 aromatic carbocycles. The van der Waals surface area contributed by atoms with Crippen molar-refractivity contribution in [2.45, 2.75) is 13.8 Å². The molecule has 0 heterocycles. The van der Waals surface area contributed by atoms with E-state index < -0.39 is 5.97 Å². The molecule has 0 aliphatic carbocycles. The highest BCUT2D eigenvalue weighted by Gasteiger charge is 2.12. The average molecular weight is 271 g/mol. The quantitative estimate of drug-likeness (QED) is 0.662. The van der Waals surface area contributed by atoms with E-state index in [2.05, 4.69) is 0 Å². The van der Waals surface area contributed by atoms with Gasteiger partial charge in [0.25, 0.3) is 0 Å². The van der Waals surface area contributed by atoms with E-state index in [9.17, 15) is 9.59 Å². The molecular weight excluding hydrogens is 254 g/mol. The van der Waals surface area contributed by atoms with Gasteiger partial charge in [-0.2, -0.15) is 0 Å². The normalized spacial score (nSPS) is 9.60. The van der Waals surface area contributed by atoms with E-state index in [0.717, 1.165) is 0 Å². The number of hydrogen-bond donors (Lipinski definition) is 2. The van der Waals surface area contributed by atoms with Crippen molar-refractivity contribution in [3.63, 3.8) is 0 Å². The second-order valence-electron chi connectivity index (χ2n) is 4.18. The van der Waals surface area contributed by atoms with Gasteiger partial charge in [-0.15, -0.1) is 0 Å². The smallest absolute Gasteiger partial charge is 0.307 e. The summed E-state index contributed by atoms with van der Waals surface area (Å²) in [5.74, 6) is -1.12. The van der Waals surface area contributed by atoms with Gasteiger partial charge in [-0.1, -0.05) is 37.8 Å². The fourth-order valence-corrected chi connectivity index (χ4v) is 1.82. The monoisotopic (exact) mass is 271 g/mol. The number of carboxylic acid groups (broad SMARTS) is 1. The van der Waals surface area contributed by atoms with Crippen molar-refractivity contribution in [2.24, 2.45) is 0 Å². The van der Waals surface area contributed by atoms with E-state index in [1.807, 2.05) is 6.07 Å². The molecule has 0 unspecified atom stereocenters. The molecule has 0 aliphatic heterocycles. The van der Waals surface area contributed by atoms with Crippen LogP contribution in [0, 0.1) is 0 Å². The molecule has 0 saturated heterocycles. The first-order chi connectivity index (χ1) is 9.08. The number of ketones is 1. The van der Waals surface area contributed by atoms with Crippen molar-refractivity contribution >= 4 is 17.4 Å². The second kappa shape index (κ2) is 6.52. The number of hydrogen-bond acceptors (Lipinski definition) is 3. The van der Waals surface area contributed by atoms with Gasteiger partial charge in [-0.05, 0) is 23.8 Å². The van der Waals surface area contributed by atoms with Gasteiger partial charge in [0.15, 0.2) is 5.78 Å². The van der Waals surface area contributed by atoms with Crippen LogP contribution in [0.2, 0.25) is 0 Å². The molecule has 2 aromatic rings. The first-order valence-electron chi connectivity index (χ1n) is 5.78. The molecular formula is C16H17NO3. The molecule has 4 nitrogen and oxygen atoms in total. The van der Waals surface area contributed by atoms with Gasteiger partial charge in [-0.3, -0.25) is 9.59 Å². The van der Waals surface area contributed by atoms with Gasteiger partial charge in [-0.25, -0.2) is 0 Å². The zero-order chi connectivity index (χ0) is 13.8. The summed E-state index contributed by atoms with van der Waals surface area (Å²) in [6.45, 7) is 0. The van der Waals surface area contributed by atoms with Gasteiger partial charge >= 0.3 is 5.97 Å². The van der Waals surface area contributed by atoms with Crippen molar-refractivity contribution in [3.05, 3.63) is 65.2 Å². The average Bonchev–Trinajstić information content (AvgIpc) is 2.41. The van der Waals surface area contributed by atoms with E-state index in [1.54, 1.807) is 42.5 Å². The molecule has 2 rings (SSSR count). The number of rotatable bonds is 4. The second-order valence-corrected chi connectivity index (χ2v) is 4.18. The Morgan fingerprint density at radius 2 is 1.65 bits per heavy atom. The van der Waals surface area contributed by atoms with E-state index in [0.29, 0.717) is 22.4 Å². The molecule has 0 saturated carbocycles. The third-order valence-corrected chi connectivity index (χ3v) is 2.78. The molecule has 3 N–H and O–H groups in total. The molecule has 0 radical (unpaired) electrons. The Kier molecular flexibility index (Phi) is 5.03. The third-order valence-electron chi connectivity index (χ3n) is 2.78. The Bertz CT molecular complexity index is 621. The van der Waals surface area contributed by atoms with Crippen LogP contribution in [-0.4, -0.2) is 16.9 Å². The molecule has 0 amide bonds. The summed E-state index contributed by atoms with van der Waals surface area (Å²) < 4.78 is 0. The molecule has 104 valence electrons. The highest BCUT2D eigenvalue weighted by molar-refractivity contribution is 6.09. The highest BCUT2D eigenvalue weighted by Crippen LogP contribution is 2.17. The van der Waals surface area contributed by atoms with Crippen molar-refractivity contribution < 1.29 is 14.7 Å². The fourth-order valence-electron chi connectivity index (χ4n) is 1.82. The first kappa shape index (κ1) is 15.4. The molecule has 0 aromatic heterocycles. The minimum atomic E-state index is -0.976. The van der Waals surface area contributed by atoms with E-state index in [1.165, 1.54) is 0 Å². The van der Waals surface area contributed by atoms with Gasteiger partial charge in [0.05, 0.1) is 6.42 Å². The minimum Gasteiger partial charge on any atom is -0.481 e. The minimum absolute atomic E-state index is 0. The molecule has 0 spiro atoms. The van der Waals surface area contributed by atoms with E-state index in [-0.39, 0.29) is 19.6 Å². The van der Waals surface area contributed by atoms with Crippen LogP contribution in [0.1, 0.15) is 28.9 Å². The molecule has 0 bridgehead atoms. The van der Waals surface area contributed by atoms with Crippen molar-refractivity contribution in [1.82, 2.24) is 0 Å². The number of aliphatic carboxylic acids is 1. The summed E-state index contributed by atoms with van der Waals surface area (Å²) in [7, 11) is 0. The summed E-state index contributed by atoms with van der Waals surface area (Å²) in [4.78, 5) is 22.9. The van der Waals surface area contributed by atoms with Crippen molar-refractivity contribution in [2.75, 3.05) is 5.73 Å². The van der Waals surface area contributed by atoms with Gasteiger partial charge in [0.1, 0.15) is 0 Å². The Labute approximate surface area is 117 Å². The SMILES string of the molecule is C.Nc1ccc(C(=O)c2ccccc2)cc1CC(=O)O. The molecule has 0 aliphatic rings. The zero-order valence-corrected chi connectivity index (χ0v) is 10.2. The van der Waals surface area contributed by atoms with Crippen molar-refractivity contribution in [1.29, 1.82) is 0 Å². The highest BCUT2D eigenvalue weighted by atomic mass is 16.4. The molecule has 20 heavy (non-hydrogen) atoms. The lowest BCUT2D eigenvalue weighted by Crippen LogP contribution is -2.07. The lowest BCUT2D eigenvalue weighted by Gasteiger charge is -2.06. The Balaban J connectivity index is 0.00000200. The number of nitrogens with two attached hydrogens (primary N) is 1. The predicted octanol–water partition coefficient (Wildman–Crippen LogP) is 2.76. The summed E-state index contributed by atoms with van der Waals surface area (Å²) in [6.07, 6.45) is -0.193. The largest absolute Gasteiger partial charge is 0.481 e. The van der Waals surface area contributed by atoms with Crippen LogP contribution in [0.25, 0.3) is 0 Å². The van der Waals surface area contributed by atoms with Crippen LogP contribution in [0.3, 0.4) is 0 Å². The number of benzene rings is 2. The lowest BCUT2D eigenvalue weighted by molar-refractivity contribution is -0.136. The Morgan fingerprint density at radius 1 is 1.00 bits per heavy atom. The number of anilines is 1. The third kappa shape index (κ3) is 3.45. The summed E-state index contributed by atoms with van der Waals surface area (Å²) >= 11 is 0. The van der Waals surface area contributed by atoms with E-state index >= 15 is 0 Å². The summed E-state index contributed by atoms with van der Waals surface area (Å²) in [5.41, 5.74) is 7.54. The fraction of sp³-hybridized carbons (Fsp3) is 0.125. The van der Waals surface area contributed by atoms with E-state index in [4.69, 9.17) is 10.8 Å². The number of nitrogen functional groups attached to an aromatic ring is 1. The first-order valence-corrected chi connectivity index (χ1v) is 5.78. The number of carboxylic acids is 1. The zero-order valence-electron chi connectivity index (χ0n) is 10.2. The van der Waals surface area contributed by atoms with Crippen LogP contribution < -0.4 is 5.73 Å². The molecule has 4 heteroatoms. The Morgan fingerprint density at radius 3 is 2.25 bits per heavy atom. The standard InChI is InChI=1S/C15H13NO3.CH4/c16-13-7-6-11(8-12(13)9-14(17)18)15(19)10-4-2-1-3-5-10;/h1-8H,9,16H2,(H,17,18);1H4. The molecule has 0 atom stereocenters. The van der Waals surface area contributed by atoms with Gasteiger partial charge in [0.2, 0.25) is 0 Å². The lowest BCUT2D eigenvalue weighted by atomic mass is 9.99. The molecule has 0 fully saturated rings. The predicted molar refractivity (Wildman–Crippen MR) is 78.8 cm³/mol. The maximum absolute atomic E-state index is 12.2. The van der Waals surface area contributed by atoms with Crippen LogP contribution >= 0.6 is 0 Å².